The van der Waals surface area contributed by atoms with Crippen molar-refractivity contribution in [2.24, 2.45) is 0 Å². The van der Waals surface area contributed by atoms with Gasteiger partial charge in [-0.1, -0.05) is 144 Å². The molecule has 7 nitrogen and oxygen atoms in total. The van der Waals surface area contributed by atoms with Crippen LogP contribution < -0.4 is 0 Å². The Morgan fingerprint density at radius 1 is 0.840 bits per heavy atom. The van der Waals surface area contributed by atoms with Crippen LogP contribution in [0.4, 0.5) is 0 Å². The summed E-state index contributed by atoms with van der Waals surface area (Å²) in [5.41, 5.74) is 6.35. The minimum absolute atomic E-state index is 0.0565. The molecule has 1 unspecified atom stereocenters. The molecule has 0 spiro atoms. The molecule has 1 saturated heterocycles. The normalized spacial score (nSPS) is 14.7. The summed E-state index contributed by atoms with van der Waals surface area (Å²) in [6.07, 6.45) is 3.22. The van der Waals surface area contributed by atoms with E-state index in [2.05, 4.69) is 47.1 Å². The predicted molar refractivity (Wildman–Crippen MR) is 204 cm³/mol. The molecule has 252 valence electrons. The van der Waals surface area contributed by atoms with Gasteiger partial charge in [-0.2, -0.15) is 5.10 Å². The van der Waals surface area contributed by atoms with Crippen LogP contribution in [0.3, 0.4) is 0 Å². The second kappa shape index (κ2) is 14.9. The van der Waals surface area contributed by atoms with Crippen molar-refractivity contribution in [3.63, 3.8) is 0 Å². The van der Waals surface area contributed by atoms with Crippen LogP contribution in [0.2, 0.25) is 0 Å². The average molecular weight is 745 g/mol. The number of thiazole rings is 1. The molecule has 1 atom stereocenters. The van der Waals surface area contributed by atoms with Crippen LogP contribution in [0, 0.1) is 0 Å². The van der Waals surface area contributed by atoms with E-state index in [4.69, 9.17) is 10.1 Å². The Kier molecular flexibility index (Phi) is 10.1. The molecule has 2 aromatic heterocycles. The van der Waals surface area contributed by atoms with E-state index in [0.29, 0.717) is 31.6 Å². The summed E-state index contributed by atoms with van der Waals surface area (Å²) < 4.78 is 2.86. The summed E-state index contributed by atoms with van der Waals surface area (Å²) in [6.45, 7) is 5.50. The molecule has 2 amide bonds. The van der Waals surface area contributed by atoms with Crippen molar-refractivity contribution in [2.45, 2.75) is 38.6 Å². The molecule has 9 heteroatoms. The molecule has 1 fully saturated rings. The maximum atomic E-state index is 14.2. The minimum atomic E-state index is -0.405. The highest BCUT2D eigenvalue weighted by Crippen LogP contribution is 2.39. The van der Waals surface area contributed by atoms with Gasteiger partial charge in [0.25, 0.3) is 5.91 Å². The minimum Gasteiger partial charge on any atom is -0.336 e. The highest BCUT2D eigenvalue weighted by molar-refractivity contribution is 9.10. The van der Waals surface area contributed by atoms with Crippen molar-refractivity contribution in [1.82, 2.24) is 24.6 Å². The largest absolute Gasteiger partial charge is 0.336 e. The van der Waals surface area contributed by atoms with Gasteiger partial charge in [-0.15, -0.1) is 0 Å². The number of benzene rings is 4. The van der Waals surface area contributed by atoms with Gasteiger partial charge >= 0.3 is 0 Å². The quantitative estimate of drug-likeness (QED) is 0.148. The lowest BCUT2D eigenvalue weighted by atomic mass is 9.89. The zero-order valence-electron chi connectivity index (χ0n) is 28.1. The average Bonchev–Trinajstić information content (AvgIpc) is 3.78. The summed E-state index contributed by atoms with van der Waals surface area (Å²) in [5.74, 6) is -0.409. The lowest BCUT2D eigenvalue weighted by molar-refractivity contribution is -0.136. The van der Waals surface area contributed by atoms with Gasteiger partial charge in [-0.05, 0) is 42.2 Å². The van der Waals surface area contributed by atoms with E-state index in [0.717, 1.165) is 54.5 Å². The molecule has 50 heavy (non-hydrogen) atoms. The van der Waals surface area contributed by atoms with Crippen molar-refractivity contribution < 1.29 is 9.59 Å². The molecule has 0 N–H and O–H groups in total. The summed E-state index contributed by atoms with van der Waals surface area (Å²) >= 11 is 5.13. The fourth-order valence-electron chi connectivity index (χ4n) is 6.76. The molecule has 4 aromatic carbocycles. The Morgan fingerprint density at radius 2 is 1.46 bits per heavy atom. The number of carbonyl (C=O) groups excluding carboxylic acids is 2. The zero-order valence-corrected chi connectivity index (χ0v) is 30.5. The number of hydrogen-bond donors (Lipinski definition) is 0. The molecule has 0 bridgehead atoms. The number of carbonyl (C=O) groups is 2. The number of aromatic nitrogens is 3. The van der Waals surface area contributed by atoms with Crippen LogP contribution >= 0.6 is 27.3 Å². The first-order valence-corrected chi connectivity index (χ1v) is 18.6. The van der Waals surface area contributed by atoms with Crippen molar-refractivity contribution >= 4 is 39.1 Å². The van der Waals surface area contributed by atoms with Crippen LogP contribution in [0.1, 0.15) is 53.4 Å². The smallest absolute Gasteiger partial charge is 0.257 e. The van der Waals surface area contributed by atoms with Crippen LogP contribution in [0.5, 0.6) is 0 Å². The van der Waals surface area contributed by atoms with Crippen LogP contribution in [0.25, 0.3) is 26.8 Å². The van der Waals surface area contributed by atoms with E-state index in [1.165, 1.54) is 0 Å². The number of piperazine rings is 1. The molecule has 0 aliphatic carbocycles. The van der Waals surface area contributed by atoms with Crippen molar-refractivity contribution in [3.8, 4) is 26.8 Å². The Labute approximate surface area is 305 Å². The lowest BCUT2D eigenvalue weighted by Crippen LogP contribution is -2.56. The van der Waals surface area contributed by atoms with Gasteiger partial charge in [0.1, 0.15) is 0 Å². The highest BCUT2D eigenvalue weighted by atomic mass is 79.9. The van der Waals surface area contributed by atoms with Gasteiger partial charge < -0.3 is 9.80 Å². The molecule has 6 aromatic rings. The molecular formula is C41H38BrN5O2S. The predicted octanol–water partition coefficient (Wildman–Crippen LogP) is 8.88. The summed E-state index contributed by atoms with van der Waals surface area (Å²) in [6, 6.07) is 38.2. The second-order valence-corrected chi connectivity index (χ2v) is 14.5. The monoisotopic (exact) mass is 743 g/mol. The van der Waals surface area contributed by atoms with E-state index in [1.54, 1.807) is 17.5 Å². The number of rotatable bonds is 9. The highest BCUT2D eigenvalue weighted by Gasteiger charge is 2.36. The number of hydrogen-bond acceptors (Lipinski definition) is 5. The summed E-state index contributed by atoms with van der Waals surface area (Å²) in [7, 11) is 0. The number of amides is 2. The van der Waals surface area contributed by atoms with Gasteiger partial charge in [0.05, 0.1) is 33.9 Å². The maximum absolute atomic E-state index is 14.2. The van der Waals surface area contributed by atoms with Crippen molar-refractivity contribution in [1.29, 1.82) is 0 Å². The number of halogens is 1. The van der Waals surface area contributed by atoms with Gasteiger partial charge in [0.2, 0.25) is 11.0 Å². The Balaban J connectivity index is 1.16. The lowest BCUT2D eigenvalue weighted by Gasteiger charge is -2.41. The fraction of sp³-hybridized carbons (Fsp3) is 0.220. The van der Waals surface area contributed by atoms with Crippen LogP contribution in [-0.2, 0) is 11.2 Å². The first kappa shape index (κ1) is 33.6. The third-order valence-corrected chi connectivity index (χ3v) is 10.9. The molecule has 7 rings (SSSR count). The first-order chi connectivity index (χ1) is 24.4. The zero-order chi connectivity index (χ0) is 34.6. The number of nitrogens with zero attached hydrogens (tertiary/aromatic N) is 5. The van der Waals surface area contributed by atoms with E-state index in [9.17, 15) is 9.59 Å². The van der Waals surface area contributed by atoms with Gasteiger partial charge in [0, 0.05) is 35.7 Å². The Hall–Kier alpha value is -4.86. The van der Waals surface area contributed by atoms with Crippen LogP contribution in [-0.4, -0.2) is 62.1 Å². The van der Waals surface area contributed by atoms with Gasteiger partial charge in [-0.25, -0.2) is 9.67 Å². The Morgan fingerprint density at radius 3 is 2.06 bits per heavy atom. The second-order valence-electron chi connectivity index (χ2n) is 12.6. The summed E-state index contributed by atoms with van der Waals surface area (Å²) in [4.78, 5) is 38.4. The van der Waals surface area contributed by atoms with Crippen molar-refractivity contribution in [3.05, 3.63) is 148 Å². The standard InChI is InChI=1S/C41H38BrN5O2S/c1-3-13-35-34(26-43-47(35)41-44-37(31-20-22-33(42)23-21-31)38(50-41)32-18-11-6-12-19-32)39(48)45-24-25-46(28(2)27-45)40(49)36(29-14-7-4-8-15-29)30-16-9-5-10-17-30/h4-12,14-23,26,28,36H,3,13,24-25,27H2,1-2H3. The molecule has 0 saturated carbocycles. The molecule has 3 heterocycles. The van der Waals surface area contributed by atoms with E-state index < -0.39 is 5.92 Å². The van der Waals surface area contributed by atoms with E-state index in [-0.39, 0.29) is 17.9 Å². The van der Waals surface area contributed by atoms with E-state index in [1.807, 2.05) is 112 Å². The summed E-state index contributed by atoms with van der Waals surface area (Å²) in [5, 5.41) is 5.50. The first-order valence-electron chi connectivity index (χ1n) is 17.0. The molecule has 1 aliphatic rings. The maximum Gasteiger partial charge on any atom is 0.257 e. The van der Waals surface area contributed by atoms with Gasteiger partial charge in [0.15, 0.2) is 0 Å². The SMILES string of the molecule is CCCc1c(C(=O)N2CCN(C(=O)C(c3ccccc3)c3ccccc3)C(C)C2)cnn1-c1nc(-c2ccc(Br)cc2)c(-c2ccccc2)s1. The van der Waals surface area contributed by atoms with Crippen LogP contribution in [0.15, 0.2) is 126 Å². The van der Waals surface area contributed by atoms with Gasteiger partial charge in [-0.3, -0.25) is 9.59 Å². The molecular weight excluding hydrogens is 706 g/mol. The Bertz CT molecular complexity index is 2040. The third kappa shape index (κ3) is 6.80. The van der Waals surface area contributed by atoms with E-state index >= 15 is 0 Å². The topological polar surface area (TPSA) is 71.3 Å². The fourth-order valence-corrected chi connectivity index (χ4v) is 8.10. The molecule has 0 radical (unpaired) electrons. The molecule has 1 aliphatic heterocycles. The van der Waals surface area contributed by atoms with Crippen molar-refractivity contribution in [2.75, 3.05) is 19.6 Å². The third-order valence-electron chi connectivity index (χ3n) is 9.25.